The molecule has 140 valence electrons. The van der Waals surface area contributed by atoms with Crippen molar-refractivity contribution in [3.05, 3.63) is 59.1 Å². The lowest BCUT2D eigenvalue weighted by molar-refractivity contribution is 0.134. The van der Waals surface area contributed by atoms with Crippen molar-refractivity contribution < 1.29 is 4.74 Å². The standard InChI is InChI=1S/C22H24BrN3O/c1-25-10-12-26(13-11-25)14-15-27-20-6-2-17(3-7-20)21-8-4-18-16-19(23)5-9-22(18)24-21/h2-9,16H,10-15H2,1H3. The van der Waals surface area contributed by atoms with Crippen LogP contribution in [0.2, 0.25) is 0 Å². The third kappa shape index (κ3) is 4.67. The second-order valence-corrected chi connectivity index (χ2v) is 7.97. The summed E-state index contributed by atoms with van der Waals surface area (Å²) in [5, 5.41) is 1.14. The number of fused-ring (bicyclic) bond motifs is 1. The van der Waals surface area contributed by atoms with Crippen LogP contribution in [0.5, 0.6) is 5.75 Å². The van der Waals surface area contributed by atoms with Gasteiger partial charge < -0.3 is 9.64 Å². The first kappa shape index (κ1) is 18.4. The second kappa shape index (κ2) is 8.38. The van der Waals surface area contributed by atoms with Gasteiger partial charge in [-0.1, -0.05) is 22.0 Å². The summed E-state index contributed by atoms with van der Waals surface area (Å²) in [7, 11) is 2.18. The lowest BCUT2D eigenvalue weighted by Gasteiger charge is -2.32. The summed E-state index contributed by atoms with van der Waals surface area (Å²) in [5.74, 6) is 0.914. The van der Waals surface area contributed by atoms with Crippen molar-refractivity contribution in [3.63, 3.8) is 0 Å². The van der Waals surface area contributed by atoms with Gasteiger partial charge in [-0.2, -0.15) is 0 Å². The number of hydrogen-bond acceptors (Lipinski definition) is 4. The van der Waals surface area contributed by atoms with Crippen LogP contribution in [0.25, 0.3) is 22.2 Å². The van der Waals surface area contributed by atoms with Crippen LogP contribution in [0.4, 0.5) is 0 Å². The molecule has 1 saturated heterocycles. The molecule has 4 nitrogen and oxygen atoms in total. The van der Waals surface area contributed by atoms with Crippen LogP contribution in [0, 0.1) is 0 Å². The van der Waals surface area contributed by atoms with E-state index in [1.165, 1.54) is 0 Å². The number of hydrogen-bond donors (Lipinski definition) is 0. The highest BCUT2D eigenvalue weighted by Crippen LogP contribution is 2.25. The van der Waals surface area contributed by atoms with E-state index >= 15 is 0 Å². The minimum absolute atomic E-state index is 0.728. The molecule has 0 saturated carbocycles. The van der Waals surface area contributed by atoms with Crippen molar-refractivity contribution in [1.82, 2.24) is 14.8 Å². The highest BCUT2D eigenvalue weighted by molar-refractivity contribution is 9.10. The number of pyridine rings is 1. The summed E-state index contributed by atoms with van der Waals surface area (Å²) in [6.45, 7) is 6.25. The number of nitrogens with zero attached hydrogens (tertiary/aromatic N) is 3. The van der Waals surface area contributed by atoms with Crippen LogP contribution in [-0.2, 0) is 0 Å². The molecular weight excluding hydrogens is 402 g/mol. The van der Waals surface area contributed by atoms with E-state index in [4.69, 9.17) is 9.72 Å². The summed E-state index contributed by atoms with van der Waals surface area (Å²) in [6, 6.07) is 18.6. The summed E-state index contributed by atoms with van der Waals surface area (Å²) in [6.07, 6.45) is 0. The van der Waals surface area contributed by atoms with Crippen molar-refractivity contribution in [2.75, 3.05) is 46.4 Å². The Morgan fingerprint density at radius 2 is 1.74 bits per heavy atom. The van der Waals surface area contributed by atoms with Gasteiger partial charge in [-0.15, -0.1) is 0 Å². The molecule has 0 amide bonds. The zero-order valence-electron chi connectivity index (χ0n) is 15.6. The Morgan fingerprint density at radius 3 is 2.52 bits per heavy atom. The van der Waals surface area contributed by atoms with Crippen molar-refractivity contribution in [3.8, 4) is 17.0 Å². The fourth-order valence-corrected chi connectivity index (χ4v) is 3.72. The van der Waals surface area contributed by atoms with Crippen LogP contribution < -0.4 is 4.74 Å². The Hall–Kier alpha value is -1.95. The SMILES string of the molecule is CN1CCN(CCOc2ccc(-c3ccc4cc(Br)ccc4n3)cc2)CC1. The first-order chi connectivity index (χ1) is 13.2. The van der Waals surface area contributed by atoms with Crippen molar-refractivity contribution in [1.29, 1.82) is 0 Å². The average molecular weight is 426 g/mol. The Labute approximate surface area is 168 Å². The normalized spacial score (nSPS) is 15.9. The number of aromatic nitrogens is 1. The molecule has 1 aromatic heterocycles. The smallest absolute Gasteiger partial charge is 0.119 e. The molecule has 2 heterocycles. The lowest BCUT2D eigenvalue weighted by atomic mass is 10.1. The summed E-state index contributed by atoms with van der Waals surface area (Å²) in [4.78, 5) is 9.61. The number of rotatable bonds is 5. The monoisotopic (exact) mass is 425 g/mol. The van der Waals surface area contributed by atoms with E-state index in [-0.39, 0.29) is 0 Å². The van der Waals surface area contributed by atoms with Crippen LogP contribution in [0.1, 0.15) is 0 Å². The van der Waals surface area contributed by atoms with Gasteiger partial charge in [-0.05, 0) is 55.6 Å². The molecular formula is C22H24BrN3O. The number of benzene rings is 2. The highest BCUT2D eigenvalue weighted by Gasteiger charge is 2.13. The third-order valence-electron chi connectivity index (χ3n) is 5.07. The Morgan fingerprint density at radius 1 is 0.963 bits per heavy atom. The van der Waals surface area contributed by atoms with Crippen LogP contribution in [0.15, 0.2) is 59.1 Å². The number of ether oxygens (including phenoxy) is 1. The fourth-order valence-electron chi connectivity index (χ4n) is 3.34. The van der Waals surface area contributed by atoms with E-state index in [2.05, 4.69) is 63.1 Å². The van der Waals surface area contributed by atoms with Gasteiger partial charge in [-0.3, -0.25) is 4.90 Å². The van der Waals surface area contributed by atoms with Crippen molar-refractivity contribution in [2.24, 2.45) is 0 Å². The van der Waals surface area contributed by atoms with E-state index in [1.807, 2.05) is 24.3 Å². The summed E-state index contributed by atoms with van der Waals surface area (Å²) >= 11 is 3.51. The molecule has 5 heteroatoms. The summed E-state index contributed by atoms with van der Waals surface area (Å²) < 4.78 is 7.00. The maximum Gasteiger partial charge on any atom is 0.119 e. The lowest BCUT2D eigenvalue weighted by Crippen LogP contribution is -2.45. The minimum atomic E-state index is 0.728. The molecule has 3 aromatic rings. The number of halogens is 1. The van der Waals surface area contributed by atoms with Gasteiger partial charge in [0.25, 0.3) is 0 Å². The summed E-state index contributed by atoms with van der Waals surface area (Å²) in [5.41, 5.74) is 3.09. The Balaban J connectivity index is 1.36. The molecule has 0 radical (unpaired) electrons. The zero-order chi connectivity index (χ0) is 18.6. The molecule has 0 aliphatic carbocycles. The quantitative estimate of drug-likeness (QED) is 0.609. The number of likely N-dealkylation sites (N-methyl/N-ethyl adjacent to an activating group) is 1. The maximum absolute atomic E-state index is 5.93. The Kier molecular flexibility index (Phi) is 5.72. The Bertz CT molecular complexity index is 905. The van der Waals surface area contributed by atoms with E-state index in [9.17, 15) is 0 Å². The molecule has 4 rings (SSSR count). The zero-order valence-corrected chi connectivity index (χ0v) is 17.2. The van der Waals surface area contributed by atoms with Gasteiger partial charge in [0.05, 0.1) is 11.2 Å². The third-order valence-corrected chi connectivity index (χ3v) is 5.57. The molecule has 27 heavy (non-hydrogen) atoms. The second-order valence-electron chi connectivity index (χ2n) is 7.05. The van der Waals surface area contributed by atoms with Crippen LogP contribution in [0.3, 0.4) is 0 Å². The first-order valence-electron chi connectivity index (χ1n) is 9.38. The molecule has 0 atom stereocenters. The molecule has 0 spiro atoms. The van der Waals surface area contributed by atoms with Gasteiger partial charge >= 0.3 is 0 Å². The fraction of sp³-hybridized carbons (Fsp3) is 0.318. The van der Waals surface area contributed by atoms with Gasteiger partial charge in [0, 0.05) is 48.1 Å². The topological polar surface area (TPSA) is 28.6 Å². The predicted octanol–water partition coefficient (Wildman–Crippen LogP) is 4.29. The van der Waals surface area contributed by atoms with E-state index in [0.29, 0.717) is 0 Å². The molecule has 1 aliphatic rings. The maximum atomic E-state index is 5.93. The van der Waals surface area contributed by atoms with Gasteiger partial charge in [0.1, 0.15) is 12.4 Å². The van der Waals surface area contributed by atoms with Crippen LogP contribution >= 0.6 is 15.9 Å². The highest BCUT2D eigenvalue weighted by atomic mass is 79.9. The molecule has 0 unspecified atom stereocenters. The number of piperazine rings is 1. The minimum Gasteiger partial charge on any atom is -0.492 e. The predicted molar refractivity (Wildman–Crippen MR) is 114 cm³/mol. The molecule has 1 aliphatic heterocycles. The average Bonchev–Trinajstić information content (AvgIpc) is 2.70. The molecule has 0 N–H and O–H groups in total. The van der Waals surface area contributed by atoms with Gasteiger partial charge in [0.15, 0.2) is 0 Å². The molecule has 2 aromatic carbocycles. The first-order valence-corrected chi connectivity index (χ1v) is 10.2. The van der Waals surface area contributed by atoms with E-state index in [0.717, 1.165) is 71.7 Å². The van der Waals surface area contributed by atoms with Crippen LogP contribution in [-0.4, -0.2) is 61.2 Å². The van der Waals surface area contributed by atoms with E-state index in [1.54, 1.807) is 0 Å². The van der Waals surface area contributed by atoms with E-state index < -0.39 is 0 Å². The molecule has 0 bridgehead atoms. The van der Waals surface area contributed by atoms with Gasteiger partial charge in [-0.25, -0.2) is 4.98 Å². The van der Waals surface area contributed by atoms with Gasteiger partial charge in [0.2, 0.25) is 0 Å². The largest absolute Gasteiger partial charge is 0.492 e. The van der Waals surface area contributed by atoms with Crippen molar-refractivity contribution in [2.45, 2.75) is 0 Å². The molecule has 1 fully saturated rings. The van der Waals surface area contributed by atoms with Crippen molar-refractivity contribution >= 4 is 26.8 Å².